The Labute approximate surface area is 174 Å². The van der Waals surface area contributed by atoms with Gasteiger partial charge in [-0.25, -0.2) is 0 Å². The highest BCUT2D eigenvalue weighted by Gasteiger charge is 2.24. The van der Waals surface area contributed by atoms with Crippen LogP contribution in [0.1, 0.15) is 52.4 Å². The van der Waals surface area contributed by atoms with Crippen LogP contribution in [0.4, 0.5) is 0 Å². The Balaban J connectivity index is 0.000000399. The summed E-state index contributed by atoms with van der Waals surface area (Å²) < 4.78 is 0. The normalized spacial score (nSPS) is 21.1. The Morgan fingerprint density at radius 2 is 1.32 bits per heavy atom. The van der Waals surface area contributed by atoms with E-state index < -0.39 is 0 Å². The molecule has 2 saturated heterocycles. The molecule has 1 aliphatic carbocycles. The molecule has 1 N–H and O–H groups in total. The molecule has 1 amide bonds. The van der Waals surface area contributed by atoms with Crippen molar-refractivity contribution in [3.05, 3.63) is 0 Å². The lowest BCUT2D eigenvalue weighted by Crippen LogP contribution is -2.38. The SMILES string of the molecule is CC.CN1CCC(C(=O)N(C)C)CC1.CN1CCC(C=O)CC1.CNC1CC1. The average Bonchev–Trinajstić information content (AvgIpc) is 3.56. The van der Waals surface area contributed by atoms with Crippen LogP contribution in [0.15, 0.2) is 0 Å². The quantitative estimate of drug-likeness (QED) is 0.740. The van der Waals surface area contributed by atoms with Gasteiger partial charge in [-0.3, -0.25) is 4.79 Å². The summed E-state index contributed by atoms with van der Waals surface area (Å²) in [5, 5.41) is 3.14. The zero-order valence-electron chi connectivity index (χ0n) is 19.5. The zero-order chi connectivity index (χ0) is 21.5. The Kier molecular flexibility index (Phi) is 15.3. The number of carbonyl (C=O) groups excluding carboxylic acids is 2. The number of likely N-dealkylation sites (tertiary alicyclic amines) is 2. The minimum absolute atomic E-state index is 0.274. The van der Waals surface area contributed by atoms with Crippen LogP contribution in [0.3, 0.4) is 0 Å². The molecule has 0 atom stereocenters. The molecule has 6 nitrogen and oxygen atoms in total. The number of rotatable bonds is 3. The average molecular weight is 399 g/mol. The van der Waals surface area contributed by atoms with Gasteiger partial charge in [0.1, 0.15) is 6.29 Å². The Morgan fingerprint density at radius 3 is 1.61 bits per heavy atom. The van der Waals surface area contributed by atoms with E-state index in [-0.39, 0.29) is 5.92 Å². The van der Waals surface area contributed by atoms with Gasteiger partial charge in [-0.15, -0.1) is 0 Å². The number of nitrogens with one attached hydrogen (secondary N) is 1. The van der Waals surface area contributed by atoms with Gasteiger partial charge in [0.2, 0.25) is 5.91 Å². The van der Waals surface area contributed by atoms with Crippen molar-refractivity contribution in [3.8, 4) is 0 Å². The largest absolute Gasteiger partial charge is 0.349 e. The minimum atomic E-state index is 0.274. The maximum absolute atomic E-state index is 11.5. The monoisotopic (exact) mass is 398 g/mol. The van der Waals surface area contributed by atoms with Crippen LogP contribution in [0.5, 0.6) is 0 Å². The van der Waals surface area contributed by atoms with E-state index in [2.05, 4.69) is 29.2 Å². The Bertz CT molecular complexity index is 397. The van der Waals surface area contributed by atoms with Gasteiger partial charge in [-0.05, 0) is 85.8 Å². The van der Waals surface area contributed by atoms with E-state index in [1.165, 1.54) is 12.8 Å². The molecule has 3 rings (SSSR count). The van der Waals surface area contributed by atoms with Crippen LogP contribution < -0.4 is 5.32 Å². The second-order valence-electron chi connectivity index (χ2n) is 8.15. The van der Waals surface area contributed by atoms with Gasteiger partial charge >= 0.3 is 0 Å². The fourth-order valence-electron chi connectivity index (χ4n) is 3.16. The summed E-state index contributed by atoms with van der Waals surface area (Å²) in [4.78, 5) is 28.0. The summed E-state index contributed by atoms with van der Waals surface area (Å²) in [5.74, 6) is 0.917. The van der Waals surface area contributed by atoms with E-state index in [1.807, 2.05) is 35.0 Å². The van der Waals surface area contributed by atoms with Crippen LogP contribution in [-0.4, -0.2) is 94.4 Å². The van der Waals surface area contributed by atoms with Crippen molar-refractivity contribution in [3.63, 3.8) is 0 Å². The van der Waals surface area contributed by atoms with Crippen molar-refractivity contribution in [2.24, 2.45) is 11.8 Å². The molecule has 166 valence electrons. The number of piperidine rings is 2. The molecule has 0 bridgehead atoms. The molecule has 0 unspecified atom stereocenters. The first-order chi connectivity index (χ1) is 13.4. The standard InChI is InChI=1S/C9H18N2O.C7H13NO.C4H9N.C2H6/c1-10(2)9(12)8-4-6-11(3)7-5-8;1-8-4-2-7(6-9)3-5-8;1-5-4-2-3-4;1-2/h8H,4-7H2,1-3H3;6-7H,2-5H2,1H3;4-5H,2-3H2,1H3;1-2H3. The second-order valence-corrected chi connectivity index (χ2v) is 8.15. The van der Waals surface area contributed by atoms with Crippen LogP contribution in [0.25, 0.3) is 0 Å². The molecule has 0 aromatic carbocycles. The predicted octanol–water partition coefficient (Wildman–Crippen LogP) is 2.34. The van der Waals surface area contributed by atoms with Crippen molar-refractivity contribution in [1.29, 1.82) is 0 Å². The lowest BCUT2D eigenvalue weighted by Gasteiger charge is -2.29. The fraction of sp³-hybridized carbons (Fsp3) is 0.909. The number of carbonyl (C=O) groups is 2. The van der Waals surface area contributed by atoms with E-state index in [4.69, 9.17) is 0 Å². The first-order valence-corrected chi connectivity index (χ1v) is 11.1. The van der Waals surface area contributed by atoms with Crippen LogP contribution in [0, 0.1) is 11.8 Å². The highest BCUT2D eigenvalue weighted by molar-refractivity contribution is 5.78. The number of aldehydes is 1. The molecule has 2 aliphatic heterocycles. The van der Waals surface area contributed by atoms with Gasteiger partial charge in [0.25, 0.3) is 0 Å². The number of hydrogen-bond acceptors (Lipinski definition) is 5. The first kappa shape index (κ1) is 27.0. The van der Waals surface area contributed by atoms with E-state index in [1.54, 1.807) is 4.90 Å². The third kappa shape index (κ3) is 12.5. The number of hydrogen-bond donors (Lipinski definition) is 1. The molecule has 6 heteroatoms. The van der Waals surface area contributed by atoms with E-state index in [9.17, 15) is 9.59 Å². The van der Waals surface area contributed by atoms with Crippen molar-refractivity contribution < 1.29 is 9.59 Å². The number of nitrogens with zero attached hydrogens (tertiary/aromatic N) is 3. The predicted molar refractivity (Wildman–Crippen MR) is 119 cm³/mol. The van der Waals surface area contributed by atoms with E-state index >= 15 is 0 Å². The maximum Gasteiger partial charge on any atom is 0.225 e. The van der Waals surface area contributed by atoms with Gasteiger partial charge in [-0.2, -0.15) is 0 Å². The van der Waals surface area contributed by atoms with Crippen LogP contribution in [-0.2, 0) is 9.59 Å². The smallest absolute Gasteiger partial charge is 0.225 e. The summed E-state index contributed by atoms with van der Waals surface area (Å²) in [5.41, 5.74) is 0. The van der Waals surface area contributed by atoms with Crippen molar-refractivity contribution in [2.75, 3.05) is 61.4 Å². The molecule has 0 spiro atoms. The Hall–Kier alpha value is -0.980. The van der Waals surface area contributed by atoms with Crippen molar-refractivity contribution in [1.82, 2.24) is 20.0 Å². The molecule has 3 aliphatic rings. The summed E-state index contributed by atoms with van der Waals surface area (Å²) in [6.45, 7) is 8.29. The summed E-state index contributed by atoms with van der Waals surface area (Å²) >= 11 is 0. The first-order valence-electron chi connectivity index (χ1n) is 11.1. The van der Waals surface area contributed by atoms with Crippen molar-refractivity contribution >= 4 is 12.2 Å². The highest BCUT2D eigenvalue weighted by Crippen LogP contribution is 2.17. The molecule has 0 radical (unpaired) electrons. The third-order valence-electron chi connectivity index (χ3n) is 5.45. The molecule has 0 aromatic heterocycles. The van der Waals surface area contributed by atoms with Gasteiger partial charge in [0, 0.05) is 32.0 Å². The maximum atomic E-state index is 11.5. The van der Waals surface area contributed by atoms with E-state index in [0.29, 0.717) is 11.8 Å². The molecule has 0 aromatic rings. The fourth-order valence-corrected chi connectivity index (χ4v) is 3.16. The number of amides is 1. The Morgan fingerprint density at radius 1 is 0.893 bits per heavy atom. The molecule has 28 heavy (non-hydrogen) atoms. The lowest BCUT2D eigenvalue weighted by atomic mass is 9.96. The van der Waals surface area contributed by atoms with Gasteiger partial charge in [0.15, 0.2) is 0 Å². The van der Waals surface area contributed by atoms with Crippen molar-refractivity contribution in [2.45, 2.75) is 58.4 Å². The molecule has 2 heterocycles. The summed E-state index contributed by atoms with van der Waals surface area (Å²) in [6, 6.07) is 0.884. The van der Waals surface area contributed by atoms with Gasteiger partial charge in [0.05, 0.1) is 0 Å². The summed E-state index contributed by atoms with van der Waals surface area (Å²) in [6.07, 6.45) is 8.04. The molecular weight excluding hydrogens is 352 g/mol. The lowest BCUT2D eigenvalue weighted by molar-refractivity contribution is -0.134. The second kappa shape index (κ2) is 15.9. The molecule has 1 saturated carbocycles. The topological polar surface area (TPSA) is 55.9 Å². The molecule has 3 fully saturated rings. The highest BCUT2D eigenvalue weighted by atomic mass is 16.2. The van der Waals surface area contributed by atoms with Gasteiger partial charge < -0.3 is 24.8 Å². The minimum Gasteiger partial charge on any atom is -0.349 e. The molecular formula is C22H46N4O2. The van der Waals surface area contributed by atoms with Gasteiger partial charge in [-0.1, -0.05) is 13.8 Å². The zero-order valence-corrected chi connectivity index (χ0v) is 19.5. The van der Waals surface area contributed by atoms with Crippen LogP contribution in [0.2, 0.25) is 0 Å². The third-order valence-corrected chi connectivity index (χ3v) is 5.45. The van der Waals surface area contributed by atoms with E-state index in [0.717, 1.165) is 64.2 Å². The summed E-state index contributed by atoms with van der Waals surface area (Å²) in [7, 11) is 9.89. The van der Waals surface area contributed by atoms with Crippen LogP contribution >= 0.6 is 0 Å².